The van der Waals surface area contributed by atoms with Gasteiger partial charge < -0.3 is 10.2 Å². The third-order valence-electron chi connectivity index (χ3n) is 5.96. The third-order valence-corrected chi connectivity index (χ3v) is 5.96. The molecular weight excluding hydrogens is 321 g/mol. The molecule has 2 unspecified atom stereocenters. The van der Waals surface area contributed by atoms with Gasteiger partial charge in [-0.1, -0.05) is 0 Å². The zero-order chi connectivity index (χ0) is 14.2. The highest BCUT2D eigenvalue weighted by atomic mass is 35.5. The highest BCUT2D eigenvalue weighted by molar-refractivity contribution is 5.85. The van der Waals surface area contributed by atoms with Crippen molar-refractivity contribution >= 4 is 30.7 Å². The summed E-state index contributed by atoms with van der Waals surface area (Å²) >= 11 is 0. The van der Waals surface area contributed by atoms with Crippen LogP contribution in [0.5, 0.6) is 0 Å². The summed E-state index contributed by atoms with van der Waals surface area (Å²) in [4.78, 5) is 17.0. The van der Waals surface area contributed by atoms with Gasteiger partial charge in [0.1, 0.15) is 0 Å². The van der Waals surface area contributed by atoms with E-state index in [0.717, 1.165) is 26.2 Å². The first-order chi connectivity index (χ1) is 9.60. The number of hydrogen-bond acceptors (Lipinski definition) is 3. The molecule has 130 valence electrons. The Morgan fingerprint density at radius 1 is 1.09 bits per heavy atom. The van der Waals surface area contributed by atoms with Crippen LogP contribution in [0.2, 0.25) is 0 Å². The van der Waals surface area contributed by atoms with Crippen molar-refractivity contribution in [3.8, 4) is 0 Å². The molecule has 6 heteroatoms. The lowest BCUT2D eigenvalue weighted by molar-refractivity contribution is -0.135. The molecule has 3 fully saturated rings. The highest BCUT2D eigenvalue weighted by Gasteiger charge is 2.38. The van der Waals surface area contributed by atoms with Crippen LogP contribution in [-0.2, 0) is 4.79 Å². The summed E-state index contributed by atoms with van der Waals surface area (Å²) in [5.41, 5.74) is 0.505. The van der Waals surface area contributed by atoms with E-state index < -0.39 is 0 Å². The fourth-order valence-corrected chi connectivity index (χ4v) is 4.27. The minimum atomic E-state index is 0. The van der Waals surface area contributed by atoms with Crippen molar-refractivity contribution in [1.82, 2.24) is 15.1 Å². The smallest absolute Gasteiger partial charge is 0.236 e. The predicted molar refractivity (Wildman–Crippen MR) is 95.1 cm³/mol. The zero-order valence-corrected chi connectivity index (χ0v) is 15.5. The maximum atomic E-state index is 12.5. The molecule has 1 spiro atoms. The quantitative estimate of drug-likeness (QED) is 0.828. The van der Waals surface area contributed by atoms with Crippen molar-refractivity contribution in [2.24, 2.45) is 5.41 Å². The maximum Gasteiger partial charge on any atom is 0.236 e. The monoisotopic (exact) mass is 351 g/mol. The van der Waals surface area contributed by atoms with Crippen LogP contribution in [0, 0.1) is 5.41 Å². The first kappa shape index (κ1) is 20.0. The van der Waals surface area contributed by atoms with Crippen LogP contribution in [0.1, 0.15) is 46.0 Å². The average molecular weight is 352 g/mol. The van der Waals surface area contributed by atoms with E-state index >= 15 is 0 Å². The molecule has 3 aliphatic heterocycles. The molecular formula is C16H31Cl2N3O. The number of carbonyl (C=O) groups is 1. The number of carbonyl (C=O) groups excluding carboxylic acids is 1. The third kappa shape index (κ3) is 4.08. The number of likely N-dealkylation sites (tertiary alicyclic amines) is 2. The van der Waals surface area contributed by atoms with Crippen molar-refractivity contribution in [3.05, 3.63) is 0 Å². The van der Waals surface area contributed by atoms with Crippen molar-refractivity contribution < 1.29 is 4.79 Å². The van der Waals surface area contributed by atoms with Gasteiger partial charge in [-0.3, -0.25) is 9.69 Å². The Morgan fingerprint density at radius 3 is 2.18 bits per heavy atom. The van der Waals surface area contributed by atoms with E-state index in [4.69, 9.17) is 0 Å². The summed E-state index contributed by atoms with van der Waals surface area (Å²) in [6, 6.07) is 1.15. The number of nitrogens with zero attached hydrogens (tertiary/aromatic N) is 2. The molecule has 3 aliphatic rings. The van der Waals surface area contributed by atoms with Gasteiger partial charge in [-0.25, -0.2) is 0 Å². The molecule has 0 aromatic carbocycles. The fraction of sp³-hybridized carbons (Fsp3) is 0.938. The molecule has 3 heterocycles. The lowest BCUT2D eigenvalue weighted by Crippen LogP contribution is -2.48. The second kappa shape index (κ2) is 8.18. The van der Waals surface area contributed by atoms with Gasteiger partial charge in [0.15, 0.2) is 0 Å². The van der Waals surface area contributed by atoms with Crippen LogP contribution in [0.25, 0.3) is 0 Å². The molecule has 3 saturated heterocycles. The van der Waals surface area contributed by atoms with Crippen molar-refractivity contribution in [2.75, 3.05) is 32.7 Å². The van der Waals surface area contributed by atoms with Gasteiger partial charge in [0.05, 0.1) is 6.54 Å². The summed E-state index contributed by atoms with van der Waals surface area (Å²) in [5.74, 6) is 0.353. The Kier molecular flexibility index (Phi) is 7.44. The summed E-state index contributed by atoms with van der Waals surface area (Å²) in [5, 5.41) is 3.49. The molecule has 2 atom stereocenters. The predicted octanol–water partition coefficient (Wildman–Crippen LogP) is 2.30. The minimum Gasteiger partial charge on any atom is -0.342 e. The number of hydrogen-bond donors (Lipinski definition) is 1. The standard InChI is InChI=1S/C16H29N3O.2ClH/c1-13-3-4-14(2)19(13)11-15(20)18-9-6-16(7-10-18)5-8-17-12-16;;/h13-14,17H,3-12H2,1-2H3;2*1H. The first-order valence-electron chi connectivity index (χ1n) is 8.34. The van der Waals surface area contributed by atoms with E-state index in [-0.39, 0.29) is 24.8 Å². The van der Waals surface area contributed by atoms with Gasteiger partial charge in [0.2, 0.25) is 5.91 Å². The Morgan fingerprint density at radius 2 is 1.68 bits per heavy atom. The van der Waals surface area contributed by atoms with Gasteiger partial charge in [-0.05, 0) is 57.9 Å². The first-order valence-corrected chi connectivity index (χ1v) is 8.34. The molecule has 0 radical (unpaired) electrons. The lowest BCUT2D eigenvalue weighted by atomic mass is 9.78. The van der Waals surface area contributed by atoms with Gasteiger partial charge in [-0.15, -0.1) is 24.8 Å². The van der Waals surface area contributed by atoms with E-state index in [9.17, 15) is 4.79 Å². The lowest BCUT2D eigenvalue weighted by Gasteiger charge is -2.40. The summed E-state index contributed by atoms with van der Waals surface area (Å²) in [6.07, 6.45) is 6.16. The van der Waals surface area contributed by atoms with Gasteiger partial charge in [-0.2, -0.15) is 0 Å². The Bertz CT molecular complexity index is 354. The average Bonchev–Trinajstić information content (AvgIpc) is 3.02. The van der Waals surface area contributed by atoms with Crippen molar-refractivity contribution in [3.63, 3.8) is 0 Å². The summed E-state index contributed by atoms with van der Waals surface area (Å²) in [6.45, 7) is 9.41. The van der Waals surface area contributed by atoms with Crippen molar-refractivity contribution in [1.29, 1.82) is 0 Å². The molecule has 4 nitrogen and oxygen atoms in total. The molecule has 1 amide bonds. The summed E-state index contributed by atoms with van der Waals surface area (Å²) in [7, 11) is 0. The Hall–Kier alpha value is -0.0300. The molecule has 0 saturated carbocycles. The van der Waals surface area contributed by atoms with E-state index in [1.54, 1.807) is 0 Å². The Balaban J connectivity index is 0.00000121. The van der Waals surface area contributed by atoms with E-state index in [2.05, 4.69) is 29.0 Å². The van der Waals surface area contributed by atoms with E-state index in [1.165, 1.54) is 32.1 Å². The van der Waals surface area contributed by atoms with Gasteiger partial charge in [0.25, 0.3) is 0 Å². The number of halogens is 2. The van der Waals surface area contributed by atoms with Gasteiger partial charge in [0, 0.05) is 31.7 Å². The Labute approximate surface area is 147 Å². The molecule has 1 N–H and O–H groups in total. The SMILES string of the molecule is CC1CCC(C)N1CC(=O)N1CCC2(CCNC2)CC1.Cl.Cl. The maximum absolute atomic E-state index is 12.5. The van der Waals surface area contributed by atoms with Crippen LogP contribution < -0.4 is 5.32 Å². The largest absolute Gasteiger partial charge is 0.342 e. The number of rotatable bonds is 2. The van der Waals surface area contributed by atoms with Crippen LogP contribution in [0.4, 0.5) is 0 Å². The van der Waals surface area contributed by atoms with Crippen molar-refractivity contribution in [2.45, 2.75) is 58.0 Å². The number of nitrogens with one attached hydrogen (secondary N) is 1. The number of piperidine rings is 1. The zero-order valence-electron chi connectivity index (χ0n) is 13.8. The topological polar surface area (TPSA) is 35.6 Å². The fourth-order valence-electron chi connectivity index (χ4n) is 4.27. The van der Waals surface area contributed by atoms with Crippen LogP contribution >= 0.6 is 24.8 Å². The van der Waals surface area contributed by atoms with E-state index in [1.807, 2.05) is 0 Å². The molecule has 3 rings (SSSR count). The molecule has 22 heavy (non-hydrogen) atoms. The second-order valence-corrected chi connectivity index (χ2v) is 7.26. The van der Waals surface area contributed by atoms with E-state index in [0.29, 0.717) is 30.0 Å². The highest BCUT2D eigenvalue weighted by Crippen LogP contribution is 2.37. The van der Waals surface area contributed by atoms with Crippen LogP contribution in [0.3, 0.4) is 0 Å². The molecule has 0 bridgehead atoms. The normalized spacial score (nSPS) is 30.9. The van der Waals surface area contributed by atoms with Crippen LogP contribution in [0.15, 0.2) is 0 Å². The molecule has 0 aromatic heterocycles. The van der Waals surface area contributed by atoms with Gasteiger partial charge >= 0.3 is 0 Å². The minimum absolute atomic E-state index is 0. The summed E-state index contributed by atoms with van der Waals surface area (Å²) < 4.78 is 0. The second-order valence-electron chi connectivity index (χ2n) is 7.26. The van der Waals surface area contributed by atoms with Crippen LogP contribution in [-0.4, -0.2) is 60.5 Å². The molecule has 0 aromatic rings. The molecule has 0 aliphatic carbocycles. The number of amides is 1.